The lowest BCUT2D eigenvalue weighted by atomic mass is 9.96. The van der Waals surface area contributed by atoms with Crippen LogP contribution in [0.15, 0.2) is 30.7 Å². The zero-order valence-corrected chi connectivity index (χ0v) is 9.94. The molecule has 0 fully saturated rings. The van der Waals surface area contributed by atoms with E-state index >= 15 is 0 Å². The summed E-state index contributed by atoms with van der Waals surface area (Å²) in [5.41, 5.74) is 11.0. The monoisotopic (exact) mass is 215 g/mol. The number of nitrogens with two attached hydrogens (primary N) is 1. The predicted octanol–water partition coefficient (Wildman–Crippen LogP) is 2.09. The number of aromatic nitrogens is 2. The van der Waals surface area contributed by atoms with Crippen LogP contribution < -0.4 is 5.73 Å². The zero-order chi connectivity index (χ0) is 11.7. The van der Waals surface area contributed by atoms with Gasteiger partial charge in [-0.3, -0.25) is 0 Å². The van der Waals surface area contributed by atoms with Crippen molar-refractivity contribution in [1.29, 1.82) is 0 Å². The third-order valence-electron chi connectivity index (χ3n) is 3.15. The number of benzene rings is 1. The summed E-state index contributed by atoms with van der Waals surface area (Å²) in [6, 6.07) is 6.13. The molecule has 0 saturated heterocycles. The summed E-state index contributed by atoms with van der Waals surface area (Å²) >= 11 is 0. The summed E-state index contributed by atoms with van der Waals surface area (Å²) in [5, 5.41) is 0. The summed E-state index contributed by atoms with van der Waals surface area (Å²) in [5.74, 6) is 0. The first-order valence-electron chi connectivity index (χ1n) is 5.39. The fraction of sp³-hybridized carbons (Fsp3) is 0.308. The van der Waals surface area contributed by atoms with Crippen LogP contribution in [0.4, 0.5) is 0 Å². The fourth-order valence-corrected chi connectivity index (χ4v) is 1.94. The Hall–Kier alpha value is -1.61. The van der Waals surface area contributed by atoms with Gasteiger partial charge in [-0.05, 0) is 30.5 Å². The summed E-state index contributed by atoms with van der Waals surface area (Å²) < 4.78 is 1.96. The number of imidazole rings is 1. The standard InChI is InChI=1S/C13H17N3/c1-9-5-4-6-11(10(9)2)13(14)12-7-15-8-16(12)3/h4-8,13H,14H2,1-3H3. The van der Waals surface area contributed by atoms with Gasteiger partial charge in [-0.1, -0.05) is 18.2 Å². The van der Waals surface area contributed by atoms with Gasteiger partial charge in [-0.2, -0.15) is 0 Å². The molecule has 1 aromatic heterocycles. The van der Waals surface area contributed by atoms with Gasteiger partial charge in [0.15, 0.2) is 0 Å². The third-order valence-corrected chi connectivity index (χ3v) is 3.15. The molecule has 0 saturated carbocycles. The highest BCUT2D eigenvalue weighted by Gasteiger charge is 2.14. The van der Waals surface area contributed by atoms with Crippen molar-refractivity contribution < 1.29 is 0 Å². The lowest BCUT2D eigenvalue weighted by Gasteiger charge is -2.16. The van der Waals surface area contributed by atoms with Gasteiger partial charge >= 0.3 is 0 Å². The minimum Gasteiger partial charge on any atom is -0.336 e. The Morgan fingerprint density at radius 2 is 2.06 bits per heavy atom. The summed E-state index contributed by atoms with van der Waals surface area (Å²) in [6.07, 6.45) is 3.60. The second kappa shape index (κ2) is 4.10. The smallest absolute Gasteiger partial charge is 0.0946 e. The predicted molar refractivity (Wildman–Crippen MR) is 65.2 cm³/mol. The molecule has 2 rings (SSSR count). The van der Waals surface area contributed by atoms with Gasteiger partial charge in [0.25, 0.3) is 0 Å². The molecule has 0 aliphatic heterocycles. The highest BCUT2D eigenvalue weighted by atomic mass is 15.0. The molecular formula is C13H17N3. The SMILES string of the molecule is Cc1cccc(C(N)c2cncn2C)c1C. The van der Waals surface area contributed by atoms with Crippen molar-refractivity contribution in [1.82, 2.24) is 9.55 Å². The summed E-state index contributed by atoms with van der Waals surface area (Å²) in [4.78, 5) is 4.10. The Kier molecular flexibility index (Phi) is 2.79. The van der Waals surface area contributed by atoms with E-state index in [2.05, 4.69) is 31.0 Å². The molecule has 1 heterocycles. The van der Waals surface area contributed by atoms with Crippen molar-refractivity contribution in [2.24, 2.45) is 12.8 Å². The number of rotatable bonds is 2. The molecule has 16 heavy (non-hydrogen) atoms. The van der Waals surface area contributed by atoms with Crippen LogP contribution in [-0.2, 0) is 7.05 Å². The van der Waals surface area contributed by atoms with Crippen molar-refractivity contribution in [3.05, 3.63) is 53.1 Å². The van der Waals surface area contributed by atoms with Crippen molar-refractivity contribution in [2.45, 2.75) is 19.9 Å². The summed E-state index contributed by atoms with van der Waals surface area (Å²) in [7, 11) is 1.97. The van der Waals surface area contributed by atoms with E-state index in [1.807, 2.05) is 23.9 Å². The van der Waals surface area contributed by atoms with Gasteiger partial charge in [0, 0.05) is 7.05 Å². The molecule has 0 aliphatic rings. The van der Waals surface area contributed by atoms with Gasteiger partial charge < -0.3 is 10.3 Å². The zero-order valence-electron chi connectivity index (χ0n) is 9.94. The van der Waals surface area contributed by atoms with E-state index in [1.165, 1.54) is 16.7 Å². The first-order valence-corrected chi connectivity index (χ1v) is 5.39. The molecule has 1 atom stereocenters. The van der Waals surface area contributed by atoms with E-state index in [-0.39, 0.29) is 6.04 Å². The number of hydrogen-bond acceptors (Lipinski definition) is 2. The molecule has 1 unspecified atom stereocenters. The van der Waals surface area contributed by atoms with Crippen molar-refractivity contribution in [2.75, 3.05) is 0 Å². The van der Waals surface area contributed by atoms with Gasteiger partial charge in [-0.15, -0.1) is 0 Å². The van der Waals surface area contributed by atoms with E-state index in [0.717, 1.165) is 5.69 Å². The van der Waals surface area contributed by atoms with E-state index < -0.39 is 0 Å². The third kappa shape index (κ3) is 1.74. The highest BCUT2D eigenvalue weighted by Crippen LogP contribution is 2.23. The van der Waals surface area contributed by atoms with Crippen LogP contribution in [0.1, 0.15) is 28.4 Å². The number of hydrogen-bond donors (Lipinski definition) is 1. The molecule has 0 amide bonds. The van der Waals surface area contributed by atoms with Crippen molar-refractivity contribution >= 4 is 0 Å². The summed E-state index contributed by atoms with van der Waals surface area (Å²) in [6.45, 7) is 4.22. The maximum atomic E-state index is 6.27. The van der Waals surface area contributed by atoms with E-state index in [4.69, 9.17) is 5.73 Å². The Labute approximate surface area is 95.9 Å². The fourth-order valence-electron chi connectivity index (χ4n) is 1.94. The topological polar surface area (TPSA) is 43.8 Å². The first kappa shape index (κ1) is 10.9. The molecule has 2 aromatic rings. The molecule has 1 aromatic carbocycles. The Morgan fingerprint density at radius 1 is 1.31 bits per heavy atom. The lowest BCUT2D eigenvalue weighted by molar-refractivity contribution is 0.741. The van der Waals surface area contributed by atoms with Gasteiger partial charge in [0.1, 0.15) is 0 Å². The number of aryl methyl sites for hydroxylation is 2. The van der Waals surface area contributed by atoms with E-state index in [0.29, 0.717) is 0 Å². The number of nitrogens with zero attached hydrogens (tertiary/aromatic N) is 2. The van der Waals surface area contributed by atoms with Crippen LogP contribution in [0.2, 0.25) is 0 Å². The molecule has 84 valence electrons. The molecular weight excluding hydrogens is 198 g/mol. The van der Waals surface area contributed by atoms with Crippen LogP contribution in [0.25, 0.3) is 0 Å². The molecule has 0 radical (unpaired) electrons. The van der Waals surface area contributed by atoms with Crippen molar-refractivity contribution in [3.63, 3.8) is 0 Å². The van der Waals surface area contributed by atoms with Crippen LogP contribution >= 0.6 is 0 Å². The maximum Gasteiger partial charge on any atom is 0.0946 e. The molecule has 3 nitrogen and oxygen atoms in total. The lowest BCUT2D eigenvalue weighted by Crippen LogP contribution is -2.16. The average Bonchev–Trinajstić information content (AvgIpc) is 2.68. The van der Waals surface area contributed by atoms with Gasteiger partial charge in [-0.25, -0.2) is 4.98 Å². The molecule has 0 spiro atoms. The minimum atomic E-state index is -0.104. The first-order chi connectivity index (χ1) is 7.61. The highest BCUT2D eigenvalue weighted by molar-refractivity contribution is 5.38. The second-order valence-corrected chi connectivity index (χ2v) is 4.20. The van der Waals surface area contributed by atoms with Crippen LogP contribution in [0, 0.1) is 13.8 Å². The Morgan fingerprint density at radius 3 is 2.69 bits per heavy atom. The van der Waals surface area contributed by atoms with E-state index in [1.54, 1.807) is 6.33 Å². The van der Waals surface area contributed by atoms with E-state index in [9.17, 15) is 0 Å². The average molecular weight is 215 g/mol. The maximum absolute atomic E-state index is 6.27. The molecule has 2 N–H and O–H groups in total. The van der Waals surface area contributed by atoms with Crippen LogP contribution in [0.5, 0.6) is 0 Å². The quantitative estimate of drug-likeness (QED) is 0.833. The Bertz CT molecular complexity index is 500. The van der Waals surface area contributed by atoms with Gasteiger partial charge in [0.05, 0.1) is 24.3 Å². The normalized spacial score (nSPS) is 12.8. The molecule has 3 heteroatoms. The van der Waals surface area contributed by atoms with Crippen LogP contribution in [0.3, 0.4) is 0 Å². The van der Waals surface area contributed by atoms with Crippen molar-refractivity contribution in [3.8, 4) is 0 Å². The van der Waals surface area contributed by atoms with Gasteiger partial charge in [0.2, 0.25) is 0 Å². The largest absolute Gasteiger partial charge is 0.336 e. The molecule has 0 aliphatic carbocycles. The van der Waals surface area contributed by atoms with Crippen LogP contribution in [-0.4, -0.2) is 9.55 Å². The minimum absolute atomic E-state index is 0.104. The second-order valence-electron chi connectivity index (χ2n) is 4.20. The molecule has 0 bridgehead atoms. The Balaban J connectivity index is 2.46.